The summed E-state index contributed by atoms with van der Waals surface area (Å²) in [7, 11) is 1.94. The molecule has 0 aliphatic carbocycles. The number of para-hydroxylation sites is 1. The summed E-state index contributed by atoms with van der Waals surface area (Å²) >= 11 is 0. The Hall–Kier alpha value is -2.66. The molecule has 5 nitrogen and oxygen atoms in total. The van der Waals surface area contributed by atoms with E-state index < -0.39 is 6.10 Å². The van der Waals surface area contributed by atoms with E-state index >= 15 is 0 Å². The number of hydrogen-bond acceptors (Lipinski definition) is 3. The maximum absolute atomic E-state index is 12.0. The molecule has 3 aromatic rings. The first-order valence-electron chi connectivity index (χ1n) is 7.07. The molecule has 3 rings (SSSR count). The molecule has 2 N–H and O–H groups in total. The lowest BCUT2D eigenvalue weighted by Gasteiger charge is -2.11. The van der Waals surface area contributed by atoms with E-state index in [-0.39, 0.29) is 12.5 Å². The third-order valence-electron chi connectivity index (χ3n) is 3.69. The average molecular weight is 295 g/mol. The molecular weight excluding hydrogens is 278 g/mol. The molecule has 0 aliphatic heterocycles. The van der Waals surface area contributed by atoms with Gasteiger partial charge in [-0.05, 0) is 18.2 Å². The monoisotopic (exact) mass is 295 g/mol. The van der Waals surface area contributed by atoms with E-state index in [9.17, 15) is 9.90 Å². The van der Waals surface area contributed by atoms with Gasteiger partial charge in [0.1, 0.15) is 0 Å². The lowest BCUT2D eigenvalue weighted by atomic mass is 10.1. The smallest absolute Gasteiger partial charge is 0.251 e. The summed E-state index contributed by atoms with van der Waals surface area (Å²) in [6.45, 7) is 0.162. The standard InChI is InChI=1S/C17H17N3O2/c1-20-11-14(13-4-2-3-5-15(13)20)16(21)10-19-17(22)12-6-8-18-9-7-12/h2-9,11,16,21H,10H2,1H3,(H,19,22). The maximum atomic E-state index is 12.0. The van der Waals surface area contributed by atoms with Crippen molar-refractivity contribution in [3.63, 3.8) is 0 Å². The first kappa shape index (κ1) is 14.3. The fraction of sp³-hybridized carbons (Fsp3) is 0.176. The fourth-order valence-electron chi connectivity index (χ4n) is 2.54. The van der Waals surface area contributed by atoms with Crippen LogP contribution in [0.25, 0.3) is 10.9 Å². The Morgan fingerprint density at radius 3 is 2.77 bits per heavy atom. The number of aromatic nitrogens is 2. The predicted octanol–water partition coefficient (Wildman–Crippen LogP) is 2.04. The van der Waals surface area contributed by atoms with Crippen molar-refractivity contribution in [1.29, 1.82) is 0 Å². The van der Waals surface area contributed by atoms with Crippen LogP contribution in [0.4, 0.5) is 0 Å². The molecule has 112 valence electrons. The van der Waals surface area contributed by atoms with E-state index in [1.807, 2.05) is 42.1 Å². The number of aliphatic hydroxyl groups is 1. The molecule has 1 unspecified atom stereocenters. The number of carbonyl (C=O) groups is 1. The number of nitrogens with one attached hydrogen (secondary N) is 1. The minimum atomic E-state index is -0.753. The molecule has 22 heavy (non-hydrogen) atoms. The third kappa shape index (κ3) is 2.71. The van der Waals surface area contributed by atoms with Gasteiger partial charge in [0.15, 0.2) is 0 Å². The first-order valence-corrected chi connectivity index (χ1v) is 7.07. The summed E-state index contributed by atoms with van der Waals surface area (Å²) < 4.78 is 1.97. The Morgan fingerprint density at radius 2 is 2.00 bits per heavy atom. The SMILES string of the molecule is Cn1cc(C(O)CNC(=O)c2ccncc2)c2ccccc21. The zero-order valence-electron chi connectivity index (χ0n) is 12.2. The van der Waals surface area contributed by atoms with E-state index in [4.69, 9.17) is 0 Å². The van der Waals surface area contributed by atoms with Gasteiger partial charge in [-0.15, -0.1) is 0 Å². The summed E-state index contributed by atoms with van der Waals surface area (Å²) in [6.07, 6.45) is 4.27. The third-order valence-corrected chi connectivity index (χ3v) is 3.69. The molecule has 0 aliphatic rings. The topological polar surface area (TPSA) is 67.2 Å². The van der Waals surface area contributed by atoms with Crippen LogP contribution in [0, 0.1) is 0 Å². The molecule has 0 bridgehead atoms. The minimum Gasteiger partial charge on any atom is -0.386 e. The predicted molar refractivity (Wildman–Crippen MR) is 84.4 cm³/mol. The number of pyridine rings is 1. The van der Waals surface area contributed by atoms with Gasteiger partial charge in [-0.25, -0.2) is 0 Å². The van der Waals surface area contributed by atoms with Gasteiger partial charge in [0.25, 0.3) is 5.91 Å². The second kappa shape index (κ2) is 5.99. The normalized spacial score (nSPS) is 12.3. The quantitative estimate of drug-likeness (QED) is 0.774. The molecule has 2 aromatic heterocycles. The van der Waals surface area contributed by atoms with Gasteiger partial charge in [0, 0.05) is 54.2 Å². The van der Waals surface area contributed by atoms with Crippen LogP contribution >= 0.6 is 0 Å². The van der Waals surface area contributed by atoms with Gasteiger partial charge in [-0.1, -0.05) is 18.2 Å². The van der Waals surface area contributed by atoms with Crippen LogP contribution in [0.1, 0.15) is 22.0 Å². The van der Waals surface area contributed by atoms with E-state index in [1.165, 1.54) is 0 Å². The number of amides is 1. The highest BCUT2D eigenvalue weighted by Gasteiger charge is 2.15. The molecule has 0 saturated heterocycles. The van der Waals surface area contributed by atoms with Gasteiger partial charge in [0.2, 0.25) is 0 Å². The summed E-state index contributed by atoms with van der Waals surface area (Å²) in [6, 6.07) is 11.1. The maximum Gasteiger partial charge on any atom is 0.251 e. The number of aliphatic hydroxyl groups excluding tert-OH is 1. The average Bonchev–Trinajstić information content (AvgIpc) is 2.91. The summed E-state index contributed by atoms with van der Waals surface area (Å²) in [4.78, 5) is 15.9. The van der Waals surface area contributed by atoms with Crippen molar-refractivity contribution >= 4 is 16.8 Å². The fourth-order valence-corrected chi connectivity index (χ4v) is 2.54. The summed E-state index contributed by atoms with van der Waals surface area (Å²) in [5.74, 6) is -0.221. The number of hydrogen-bond donors (Lipinski definition) is 2. The molecular formula is C17H17N3O2. The highest BCUT2D eigenvalue weighted by molar-refractivity contribution is 5.94. The van der Waals surface area contributed by atoms with Gasteiger partial charge >= 0.3 is 0 Å². The Balaban J connectivity index is 1.74. The van der Waals surface area contributed by atoms with E-state index in [1.54, 1.807) is 24.5 Å². The van der Waals surface area contributed by atoms with Crippen LogP contribution in [-0.4, -0.2) is 27.1 Å². The summed E-state index contributed by atoms with van der Waals surface area (Å²) in [5.41, 5.74) is 2.39. The van der Waals surface area contributed by atoms with Crippen molar-refractivity contribution in [2.75, 3.05) is 6.54 Å². The van der Waals surface area contributed by atoms with Crippen molar-refractivity contribution in [2.45, 2.75) is 6.10 Å². The lowest BCUT2D eigenvalue weighted by molar-refractivity contribution is 0.0917. The number of aryl methyl sites for hydroxylation is 1. The highest BCUT2D eigenvalue weighted by Crippen LogP contribution is 2.25. The molecule has 0 saturated carbocycles. The molecule has 1 atom stereocenters. The van der Waals surface area contributed by atoms with Crippen molar-refractivity contribution in [3.8, 4) is 0 Å². The van der Waals surface area contributed by atoms with Crippen LogP contribution in [-0.2, 0) is 7.05 Å². The van der Waals surface area contributed by atoms with Crippen molar-refractivity contribution in [2.24, 2.45) is 7.05 Å². The number of benzene rings is 1. The van der Waals surface area contributed by atoms with Gasteiger partial charge in [-0.2, -0.15) is 0 Å². The van der Waals surface area contributed by atoms with Gasteiger partial charge < -0.3 is 15.0 Å². The lowest BCUT2D eigenvalue weighted by Crippen LogP contribution is -2.28. The second-order valence-electron chi connectivity index (χ2n) is 5.17. The zero-order chi connectivity index (χ0) is 15.5. The highest BCUT2D eigenvalue weighted by atomic mass is 16.3. The summed E-state index contributed by atoms with van der Waals surface area (Å²) in [5, 5.41) is 14.1. The van der Waals surface area contributed by atoms with Crippen LogP contribution < -0.4 is 5.32 Å². The number of fused-ring (bicyclic) bond motifs is 1. The van der Waals surface area contributed by atoms with Crippen molar-refractivity contribution < 1.29 is 9.90 Å². The minimum absolute atomic E-state index is 0.162. The van der Waals surface area contributed by atoms with Crippen LogP contribution in [0.2, 0.25) is 0 Å². The second-order valence-corrected chi connectivity index (χ2v) is 5.17. The number of nitrogens with zero attached hydrogens (tertiary/aromatic N) is 2. The van der Waals surface area contributed by atoms with Gasteiger partial charge in [-0.3, -0.25) is 9.78 Å². The Kier molecular flexibility index (Phi) is 3.89. The molecule has 1 aromatic carbocycles. The molecule has 5 heteroatoms. The van der Waals surface area contributed by atoms with Crippen molar-refractivity contribution in [3.05, 3.63) is 66.1 Å². The van der Waals surface area contributed by atoms with E-state index in [0.717, 1.165) is 16.5 Å². The van der Waals surface area contributed by atoms with Crippen molar-refractivity contribution in [1.82, 2.24) is 14.9 Å². The van der Waals surface area contributed by atoms with Crippen LogP contribution in [0.5, 0.6) is 0 Å². The Bertz CT molecular complexity index is 796. The molecule has 0 fully saturated rings. The molecule has 2 heterocycles. The van der Waals surface area contributed by atoms with Crippen LogP contribution in [0.3, 0.4) is 0 Å². The van der Waals surface area contributed by atoms with E-state index in [0.29, 0.717) is 5.56 Å². The number of rotatable bonds is 4. The van der Waals surface area contributed by atoms with E-state index in [2.05, 4.69) is 10.3 Å². The molecule has 1 amide bonds. The Labute approximate surface area is 128 Å². The first-order chi connectivity index (χ1) is 10.7. The largest absolute Gasteiger partial charge is 0.386 e. The van der Waals surface area contributed by atoms with Gasteiger partial charge in [0.05, 0.1) is 6.10 Å². The van der Waals surface area contributed by atoms with Crippen LogP contribution in [0.15, 0.2) is 55.0 Å². The molecule has 0 radical (unpaired) electrons. The Morgan fingerprint density at radius 1 is 1.27 bits per heavy atom. The number of carbonyl (C=O) groups excluding carboxylic acids is 1. The zero-order valence-corrected chi connectivity index (χ0v) is 12.2. The molecule has 0 spiro atoms.